The summed E-state index contributed by atoms with van der Waals surface area (Å²) < 4.78 is 31.6. The highest BCUT2D eigenvalue weighted by Gasteiger charge is 2.26. The normalized spacial score (nSPS) is 18.2. The van der Waals surface area contributed by atoms with Gasteiger partial charge in [0.25, 0.3) is 0 Å². The second-order valence-corrected chi connectivity index (χ2v) is 11.6. The Morgan fingerprint density at radius 1 is 1.06 bits per heavy atom. The van der Waals surface area contributed by atoms with Crippen molar-refractivity contribution in [3.05, 3.63) is 36.3 Å². The number of aryl methyl sites for hydroxylation is 2. The predicted molar refractivity (Wildman–Crippen MR) is 135 cm³/mol. The first-order valence-electron chi connectivity index (χ1n) is 12.7. The lowest BCUT2D eigenvalue weighted by molar-refractivity contribution is -0.116. The van der Waals surface area contributed by atoms with Crippen LogP contribution in [0.5, 0.6) is 0 Å². The molecule has 1 N–H and O–H groups in total. The average Bonchev–Trinajstić information content (AvgIpc) is 3.47. The molecule has 1 saturated heterocycles. The molecule has 0 unspecified atom stereocenters. The van der Waals surface area contributed by atoms with E-state index in [-0.39, 0.29) is 17.2 Å². The fourth-order valence-electron chi connectivity index (χ4n) is 5.33. The van der Waals surface area contributed by atoms with E-state index in [1.54, 1.807) is 22.6 Å². The zero-order chi connectivity index (χ0) is 24.4. The van der Waals surface area contributed by atoms with E-state index in [2.05, 4.69) is 15.4 Å². The predicted octanol–water partition coefficient (Wildman–Crippen LogP) is 4.02. The fourth-order valence-corrected chi connectivity index (χ4v) is 6.87. The van der Waals surface area contributed by atoms with Crippen molar-refractivity contribution in [1.82, 2.24) is 23.6 Å². The van der Waals surface area contributed by atoms with Crippen LogP contribution in [0.3, 0.4) is 0 Å². The maximum Gasteiger partial charge on any atom is 0.243 e. The number of anilines is 1. The van der Waals surface area contributed by atoms with Gasteiger partial charge in [-0.1, -0.05) is 25.7 Å². The van der Waals surface area contributed by atoms with E-state index < -0.39 is 10.0 Å². The van der Waals surface area contributed by atoms with Crippen LogP contribution >= 0.6 is 0 Å². The zero-order valence-electron chi connectivity index (χ0n) is 20.3. The summed E-state index contributed by atoms with van der Waals surface area (Å²) in [6.45, 7) is 1.14. The molecule has 1 aliphatic heterocycles. The molecule has 188 valence electrons. The molecule has 0 atom stereocenters. The van der Waals surface area contributed by atoms with Crippen molar-refractivity contribution in [2.75, 3.05) is 18.4 Å². The van der Waals surface area contributed by atoms with Crippen LogP contribution in [0.15, 0.2) is 35.4 Å². The highest BCUT2D eigenvalue weighted by molar-refractivity contribution is 7.89. The van der Waals surface area contributed by atoms with Gasteiger partial charge in [0, 0.05) is 39.0 Å². The molecule has 10 heteroatoms. The van der Waals surface area contributed by atoms with Gasteiger partial charge >= 0.3 is 0 Å². The second kappa shape index (κ2) is 10.1. The lowest BCUT2D eigenvalue weighted by Gasteiger charge is -2.25. The summed E-state index contributed by atoms with van der Waals surface area (Å²) in [5, 5.41) is 7.47. The summed E-state index contributed by atoms with van der Waals surface area (Å²) in [5.74, 6) is 1.42. The van der Waals surface area contributed by atoms with E-state index in [0.717, 1.165) is 49.3 Å². The number of carbonyl (C=O) groups excluding carboxylic acids is 1. The summed E-state index contributed by atoms with van der Waals surface area (Å²) >= 11 is 0. The van der Waals surface area contributed by atoms with E-state index in [0.29, 0.717) is 31.1 Å². The molecule has 1 aromatic carbocycles. The Hall–Kier alpha value is -2.72. The molecule has 5 rings (SSSR count). The Bertz CT molecular complexity index is 1300. The molecular weight excluding hydrogens is 464 g/mol. The van der Waals surface area contributed by atoms with E-state index in [1.807, 2.05) is 28.4 Å². The number of imidazole rings is 1. The number of amides is 1. The number of benzene rings is 1. The number of aromatic nitrogens is 4. The monoisotopic (exact) mass is 498 g/mol. The molecule has 1 saturated carbocycles. The molecular formula is C25H34N6O3S. The molecule has 1 aliphatic carbocycles. The lowest BCUT2D eigenvalue weighted by atomic mass is 9.96. The smallest absolute Gasteiger partial charge is 0.243 e. The van der Waals surface area contributed by atoms with Crippen molar-refractivity contribution in [3.8, 4) is 0 Å². The molecule has 9 nitrogen and oxygen atoms in total. The SMILES string of the molecule is Cn1c(CCC(=O)Nc2ccnn2C2CCCCC2)nc2cc(S(=O)(=O)N3CCCCC3)ccc21. The summed E-state index contributed by atoms with van der Waals surface area (Å²) in [6.07, 6.45) is 11.2. The summed E-state index contributed by atoms with van der Waals surface area (Å²) in [5.41, 5.74) is 1.49. The minimum atomic E-state index is -3.51. The van der Waals surface area contributed by atoms with Crippen molar-refractivity contribution in [2.45, 2.75) is 75.1 Å². The van der Waals surface area contributed by atoms with Crippen LogP contribution in [-0.2, 0) is 28.3 Å². The molecule has 0 bridgehead atoms. The Kier molecular flexibility index (Phi) is 6.93. The van der Waals surface area contributed by atoms with Crippen LogP contribution in [0.4, 0.5) is 5.82 Å². The van der Waals surface area contributed by atoms with Crippen LogP contribution in [0, 0.1) is 0 Å². The molecule has 0 radical (unpaired) electrons. The maximum absolute atomic E-state index is 13.1. The number of nitrogens with zero attached hydrogens (tertiary/aromatic N) is 5. The number of fused-ring (bicyclic) bond motifs is 1. The molecule has 2 aromatic heterocycles. The van der Waals surface area contributed by atoms with Gasteiger partial charge in [-0.05, 0) is 43.9 Å². The van der Waals surface area contributed by atoms with Crippen molar-refractivity contribution in [2.24, 2.45) is 7.05 Å². The molecule has 2 aliphatic rings. The molecule has 35 heavy (non-hydrogen) atoms. The summed E-state index contributed by atoms with van der Waals surface area (Å²) in [4.78, 5) is 17.7. The van der Waals surface area contributed by atoms with E-state index in [9.17, 15) is 13.2 Å². The zero-order valence-corrected chi connectivity index (χ0v) is 21.1. The van der Waals surface area contributed by atoms with E-state index >= 15 is 0 Å². The van der Waals surface area contributed by atoms with E-state index in [4.69, 9.17) is 0 Å². The van der Waals surface area contributed by atoms with Gasteiger partial charge in [0.2, 0.25) is 15.9 Å². The minimum Gasteiger partial charge on any atom is -0.331 e. The molecule has 1 amide bonds. The third-order valence-corrected chi connectivity index (χ3v) is 9.23. The van der Waals surface area contributed by atoms with Crippen molar-refractivity contribution < 1.29 is 13.2 Å². The van der Waals surface area contributed by atoms with Crippen LogP contribution in [0.2, 0.25) is 0 Å². The van der Waals surface area contributed by atoms with Gasteiger partial charge < -0.3 is 9.88 Å². The van der Waals surface area contributed by atoms with Gasteiger partial charge in [0.1, 0.15) is 11.6 Å². The maximum atomic E-state index is 13.1. The van der Waals surface area contributed by atoms with E-state index in [1.165, 1.54) is 19.3 Å². The van der Waals surface area contributed by atoms with Crippen LogP contribution < -0.4 is 5.32 Å². The van der Waals surface area contributed by atoms with Crippen LogP contribution in [0.25, 0.3) is 11.0 Å². The van der Waals surface area contributed by atoms with Crippen molar-refractivity contribution >= 4 is 32.8 Å². The number of rotatable bonds is 7. The number of sulfonamides is 1. The Morgan fingerprint density at radius 3 is 2.57 bits per heavy atom. The number of carbonyl (C=O) groups is 1. The topological polar surface area (TPSA) is 102 Å². The second-order valence-electron chi connectivity index (χ2n) is 9.70. The molecule has 3 heterocycles. The average molecular weight is 499 g/mol. The van der Waals surface area contributed by atoms with Crippen molar-refractivity contribution in [1.29, 1.82) is 0 Å². The van der Waals surface area contributed by atoms with Gasteiger partial charge in [0.15, 0.2) is 0 Å². The van der Waals surface area contributed by atoms with Gasteiger partial charge in [-0.25, -0.2) is 18.1 Å². The van der Waals surface area contributed by atoms with Gasteiger partial charge in [0.05, 0.1) is 28.2 Å². The first-order valence-corrected chi connectivity index (χ1v) is 14.2. The standard InChI is InChI=1S/C25H34N6O3S/c1-29-22-11-10-20(35(33,34)30-16-6-3-7-17-30)18-21(22)27-23(29)12-13-25(32)28-24-14-15-26-31(24)19-8-4-2-5-9-19/h10-11,14-15,18-19H,2-9,12-13,16-17H2,1H3,(H,28,32). The van der Waals surface area contributed by atoms with Gasteiger partial charge in [-0.2, -0.15) is 9.40 Å². The highest BCUT2D eigenvalue weighted by atomic mass is 32.2. The fraction of sp³-hybridized carbons (Fsp3) is 0.560. The highest BCUT2D eigenvalue weighted by Crippen LogP contribution is 2.30. The van der Waals surface area contributed by atoms with Gasteiger partial charge in [-0.15, -0.1) is 0 Å². The third kappa shape index (κ3) is 4.99. The molecule has 3 aromatic rings. The first kappa shape index (κ1) is 24.0. The Labute approximate surface area is 206 Å². The Morgan fingerprint density at radius 2 is 1.80 bits per heavy atom. The Balaban J connectivity index is 1.26. The van der Waals surface area contributed by atoms with Crippen LogP contribution in [0.1, 0.15) is 69.7 Å². The molecule has 0 spiro atoms. The van der Waals surface area contributed by atoms with Crippen LogP contribution in [-0.4, -0.2) is 51.1 Å². The third-order valence-electron chi connectivity index (χ3n) is 7.33. The number of hydrogen-bond donors (Lipinski definition) is 1. The van der Waals surface area contributed by atoms with Crippen molar-refractivity contribution in [3.63, 3.8) is 0 Å². The largest absolute Gasteiger partial charge is 0.331 e. The van der Waals surface area contributed by atoms with Gasteiger partial charge in [-0.3, -0.25) is 4.79 Å². The lowest BCUT2D eigenvalue weighted by Crippen LogP contribution is -2.35. The minimum absolute atomic E-state index is 0.0806. The number of piperidine rings is 1. The number of nitrogens with one attached hydrogen (secondary N) is 1. The molecule has 2 fully saturated rings. The summed E-state index contributed by atoms with van der Waals surface area (Å²) in [6, 6.07) is 7.34. The number of hydrogen-bond acceptors (Lipinski definition) is 5. The summed E-state index contributed by atoms with van der Waals surface area (Å²) in [7, 11) is -1.61. The first-order chi connectivity index (χ1) is 16.9. The quantitative estimate of drug-likeness (QED) is 0.530.